The summed E-state index contributed by atoms with van der Waals surface area (Å²) in [6.45, 7) is -0.221. The van der Waals surface area contributed by atoms with Crippen molar-refractivity contribution < 1.29 is 13.9 Å². The second-order valence-corrected chi connectivity index (χ2v) is 3.36. The molecular formula is C12H10F2O. The van der Waals surface area contributed by atoms with Crippen LogP contribution in [0.5, 0.6) is 0 Å². The average Bonchev–Trinajstić information content (AvgIpc) is 2.27. The normalized spacial score (nSPS) is 11.2. The molecule has 1 N–H and O–H groups in total. The third-order valence-electron chi connectivity index (χ3n) is 2.39. The Bertz CT molecular complexity index is 480. The van der Waals surface area contributed by atoms with Gasteiger partial charge in [0, 0.05) is 5.56 Å². The first kappa shape index (κ1) is 10.1. The smallest absolute Gasteiger partial charge is 0.263 e. The lowest BCUT2D eigenvalue weighted by molar-refractivity contribution is 0.151. The Morgan fingerprint density at radius 1 is 1.13 bits per heavy atom. The van der Waals surface area contributed by atoms with Crippen LogP contribution in [0.3, 0.4) is 0 Å². The number of halogens is 2. The zero-order valence-corrected chi connectivity index (χ0v) is 7.95. The lowest BCUT2D eigenvalue weighted by Gasteiger charge is -2.07. The Hall–Kier alpha value is -1.48. The van der Waals surface area contributed by atoms with Crippen molar-refractivity contribution >= 4 is 10.8 Å². The van der Waals surface area contributed by atoms with E-state index in [0.717, 1.165) is 10.8 Å². The Morgan fingerprint density at radius 3 is 2.53 bits per heavy atom. The lowest BCUT2D eigenvalue weighted by atomic mass is 10.0. The minimum absolute atomic E-state index is 0.0437. The predicted octanol–water partition coefficient (Wildman–Crippen LogP) is 3.27. The monoisotopic (exact) mass is 208 g/mol. The fraction of sp³-hybridized carbons (Fsp3) is 0.167. The summed E-state index contributed by atoms with van der Waals surface area (Å²) in [5, 5.41) is 10.7. The maximum Gasteiger partial charge on any atom is 0.263 e. The number of fused-ring (bicyclic) bond motifs is 1. The van der Waals surface area contributed by atoms with Crippen LogP contribution < -0.4 is 0 Å². The van der Waals surface area contributed by atoms with E-state index in [1.165, 1.54) is 12.1 Å². The van der Waals surface area contributed by atoms with E-state index in [1.54, 1.807) is 12.1 Å². The Labute approximate surface area is 86.0 Å². The summed E-state index contributed by atoms with van der Waals surface area (Å²) in [5.74, 6) is 0. The molecule has 2 rings (SSSR count). The van der Waals surface area contributed by atoms with E-state index >= 15 is 0 Å². The Kier molecular flexibility index (Phi) is 2.64. The molecule has 2 aromatic rings. The van der Waals surface area contributed by atoms with Crippen LogP contribution >= 0.6 is 0 Å². The van der Waals surface area contributed by atoms with Crippen molar-refractivity contribution in [2.75, 3.05) is 0 Å². The average molecular weight is 208 g/mol. The van der Waals surface area contributed by atoms with Gasteiger partial charge >= 0.3 is 0 Å². The first-order valence-corrected chi connectivity index (χ1v) is 4.63. The third kappa shape index (κ3) is 1.83. The summed E-state index contributed by atoms with van der Waals surface area (Å²) < 4.78 is 25.1. The van der Waals surface area contributed by atoms with Crippen molar-refractivity contribution in [3.8, 4) is 0 Å². The highest BCUT2D eigenvalue weighted by Gasteiger charge is 2.10. The fourth-order valence-electron chi connectivity index (χ4n) is 1.67. The van der Waals surface area contributed by atoms with Gasteiger partial charge in [-0.2, -0.15) is 0 Å². The number of hydrogen-bond acceptors (Lipinski definition) is 1. The molecule has 0 atom stereocenters. The van der Waals surface area contributed by atoms with E-state index in [4.69, 9.17) is 5.11 Å². The van der Waals surface area contributed by atoms with Gasteiger partial charge in [0.15, 0.2) is 0 Å². The zero-order chi connectivity index (χ0) is 10.8. The maximum atomic E-state index is 12.5. The van der Waals surface area contributed by atoms with E-state index in [9.17, 15) is 8.78 Å². The molecule has 0 unspecified atom stereocenters. The second-order valence-electron chi connectivity index (χ2n) is 3.36. The number of hydrogen-bond donors (Lipinski definition) is 1. The summed E-state index contributed by atoms with van der Waals surface area (Å²) >= 11 is 0. The summed E-state index contributed by atoms with van der Waals surface area (Å²) in [4.78, 5) is 0. The molecule has 0 fully saturated rings. The highest BCUT2D eigenvalue weighted by molar-refractivity contribution is 5.86. The van der Waals surface area contributed by atoms with Gasteiger partial charge < -0.3 is 5.11 Å². The topological polar surface area (TPSA) is 20.2 Å². The molecule has 0 radical (unpaired) electrons. The molecule has 0 heterocycles. The van der Waals surface area contributed by atoms with E-state index in [1.807, 2.05) is 12.1 Å². The Morgan fingerprint density at radius 2 is 1.87 bits per heavy atom. The van der Waals surface area contributed by atoms with Crippen molar-refractivity contribution in [3.63, 3.8) is 0 Å². The van der Waals surface area contributed by atoms with Gasteiger partial charge in [-0.25, -0.2) is 8.78 Å². The predicted molar refractivity (Wildman–Crippen MR) is 54.8 cm³/mol. The van der Waals surface area contributed by atoms with Crippen LogP contribution in [0, 0.1) is 0 Å². The van der Waals surface area contributed by atoms with Crippen LogP contribution in [0.2, 0.25) is 0 Å². The van der Waals surface area contributed by atoms with Crippen molar-refractivity contribution in [1.29, 1.82) is 0 Å². The second kappa shape index (κ2) is 3.95. The molecule has 0 aliphatic heterocycles. The number of aliphatic hydroxyl groups is 1. The lowest BCUT2D eigenvalue weighted by Crippen LogP contribution is -1.91. The van der Waals surface area contributed by atoms with E-state index in [0.29, 0.717) is 5.56 Å². The molecule has 0 spiro atoms. The molecule has 1 nitrogen and oxygen atoms in total. The molecule has 0 aliphatic carbocycles. The first-order valence-electron chi connectivity index (χ1n) is 4.63. The van der Waals surface area contributed by atoms with Gasteiger partial charge in [-0.1, -0.05) is 24.3 Å². The van der Waals surface area contributed by atoms with Crippen LogP contribution in [0.15, 0.2) is 36.4 Å². The quantitative estimate of drug-likeness (QED) is 0.803. The van der Waals surface area contributed by atoms with Crippen LogP contribution in [-0.2, 0) is 6.61 Å². The van der Waals surface area contributed by atoms with Gasteiger partial charge in [0.25, 0.3) is 6.43 Å². The Balaban J connectivity index is 2.71. The number of aliphatic hydroxyl groups excluding tert-OH is 1. The molecule has 0 aromatic heterocycles. The van der Waals surface area contributed by atoms with Crippen LogP contribution in [0.25, 0.3) is 10.8 Å². The fourth-order valence-corrected chi connectivity index (χ4v) is 1.67. The van der Waals surface area contributed by atoms with Gasteiger partial charge in [0.2, 0.25) is 0 Å². The van der Waals surface area contributed by atoms with E-state index in [-0.39, 0.29) is 12.2 Å². The van der Waals surface area contributed by atoms with Crippen molar-refractivity contribution in [3.05, 3.63) is 47.5 Å². The van der Waals surface area contributed by atoms with E-state index in [2.05, 4.69) is 0 Å². The maximum absolute atomic E-state index is 12.5. The molecule has 0 saturated carbocycles. The molecule has 0 amide bonds. The molecule has 3 heteroatoms. The summed E-state index contributed by atoms with van der Waals surface area (Å²) in [6.07, 6.45) is -2.50. The highest BCUT2D eigenvalue weighted by Crippen LogP contribution is 2.27. The molecule has 78 valence electrons. The van der Waals surface area contributed by atoms with Crippen molar-refractivity contribution in [2.45, 2.75) is 13.0 Å². The number of alkyl halides is 2. The largest absolute Gasteiger partial charge is 0.392 e. The van der Waals surface area contributed by atoms with Gasteiger partial charge in [-0.05, 0) is 28.5 Å². The zero-order valence-electron chi connectivity index (χ0n) is 7.95. The number of benzene rings is 2. The summed E-state index contributed by atoms with van der Waals surface area (Å²) in [7, 11) is 0. The minimum Gasteiger partial charge on any atom is -0.392 e. The van der Waals surface area contributed by atoms with Crippen LogP contribution in [0.4, 0.5) is 8.78 Å². The first-order chi connectivity index (χ1) is 7.22. The van der Waals surface area contributed by atoms with Gasteiger partial charge in [-0.15, -0.1) is 0 Å². The molecule has 0 bridgehead atoms. The molecular weight excluding hydrogens is 198 g/mol. The van der Waals surface area contributed by atoms with Gasteiger partial charge in [0.05, 0.1) is 6.61 Å². The van der Waals surface area contributed by atoms with Gasteiger partial charge in [-0.3, -0.25) is 0 Å². The van der Waals surface area contributed by atoms with Gasteiger partial charge in [0.1, 0.15) is 0 Å². The standard InChI is InChI=1S/C12H10F2O/c13-12(14)9-5-8-3-1-2-4-11(8)10(6-9)7-15/h1-6,12,15H,7H2. The molecule has 0 aliphatic rings. The van der Waals surface area contributed by atoms with Crippen LogP contribution in [-0.4, -0.2) is 5.11 Å². The SMILES string of the molecule is OCc1cc(C(F)F)cc2ccccc12. The highest BCUT2D eigenvalue weighted by atomic mass is 19.3. The molecule has 0 saturated heterocycles. The van der Waals surface area contributed by atoms with Crippen molar-refractivity contribution in [1.82, 2.24) is 0 Å². The molecule has 2 aromatic carbocycles. The molecule has 15 heavy (non-hydrogen) atoms. The summed E-state index contributed by atoms with van der Waals surface area (Å²) in [6, 6.07) is 10.0. The third-order valence-corrected chi connectivity index (χ3v) is 2.39. The van der Waals surface area contributed by atoms with Crippen molar-refractivity contribution in [2.24, 2.45) is 0 Å². The summed E-state index contributed by atoms with van der Waals surface area (Å²) in [5.41, 5.74) is 0.501. The van der Waals surface area contributed by atoms with E-state index < -0.39 is 6.43 Å². The number of rotatable bonds is 2. The van der Waals surface area contributed by atoms with Crippen LogP contribution in [0.1, 0.15) is 17.6 Å². The minimum atomic E-state index is -2.50.